The number of anilines is 2. The fourth-order valence-corrected chi connectivity index (χ4v) is 5.55. The lowest BCUT2D eigenvalue weighted by atomic mass is 10.0. The van der Waals surface area contributed by atoms with Gasteiger partial charge in [-0.1, -0.05) is 42.5 Å². The van der Waals surface area contributed by atoms with Crippen LogP contribution in [0.4, 0.5) is 11.4 Å². The largest absolute Gasteiger partial charge is 0.315 e. The first-order valence-electron chi connectivity index (χ1n) is 6.69. The van der Waals surface area contributed by atoms with E-state index in [1.807, 2.05) is 0 Å². The molecule has 0 aliphatic carbocycles. The molecule has 2 aliphatic heterocycles. The molecule has 0 bridgehead atoms. The number of rotatable bonds is 0. The first-order chi connectivity index (χ1) is 9.25. The minimum atomic E-state index is -0.213. The summed E-state index contributed by atoms with van der Waals surface area (Å²) < 4.78 is 2.60. The Hall–Kier alpha value is -1.59. The molecule has 4 rings (SSSR count). The predicted octanol–water partition coefficient (Wildman–Crippen LogP) is 5.34. The zero-order chi connectivity index (χ0) is 13.0. The summed E-state index contributed by atoms with van der Waals surface area (Å²) in [6.07, 6.45) is 3.50. The molecule has 0 fully saturated rings. The standard InChI is InChI=1S/C17H16NP/c1-12-5-3-7-14-9-10-19-11-15-8-4-6-13(2)17(15)18(19)16(12)14/h3-10H,11H2,1-2H3. The van der Waals surface area contributed by atoms with Crippen molar-refractivity contribution in [1.82, 2.24) is 0 Å². The molecule has 94 valence electrons. The van der Waals surface area contributed by atoms with Crippen LogP contribution in [-0.4, -0.2) is 0 Å². The van der Waals surface area contributed by atoms with Gasteiger partial charge < -0.3 is 4.67 Å². The van der Waals surface area contributed by atoms with E-state index in [0.29, 0.717) is 0 Å². The second-order valence-electron chi connectivity index (χ2n) is 5.32. The van der Waals surface area contributed by atoms with Crippen LogP contribution in [0.3, 0.4) is 0 Å². The molecule has 0 aromatic heterocycles. The SMILES string of the molecule is Cc1cccc2c1N1c3c(C)cccc3CP1C=C2. The maximum Gasteiger partial charge on any atom is 0.0552 e. The molecule has 0 radical (unpaired) electrons. The zero-order valence-electron chi connectivity index (χ0n) is 11.2. The van der Waals surface area contributed by atoms with Gasteiger partial charge >= 0.3 is 0 Å². The molecule has 0 saturated heterocycles. The summed E-state index contributed by atoms with van der Waals surface area (Å²) in [5, 5.41) is 0. The van der Waals surface area contributed by atoms with Crippen molar-refractivity contribution >= 4 is 25.5 Å². The minimum Gasteiger partial charge on any atom is -0.315 e. The molecule has 2 heterocycles. The first kappa shape index (κ1) is 11.3. The summed E-state index contributed by atoms with van der Waals surface area (Å²) >= 11 is 0. The van der Waals surface area contributed by atoms with Crippen molar-refractivity contribution in [3.8, 4) is 0 Å². The van der Waals surface area contributed by atoms with Crippen LogP contribution in [0, 0.1) is 13.8 Å². The number of para-hydroxylation sites is 2. The Morgan fingerprint density at radius 2 is 1.68 bits per heavy atom. The van der Waals surface area contributed by atoms with Crippen LogP contribution in [0.2, 0.25) is 0 Å². The number of benzene rings is 2. The Balaban J connectivity index is 2.01. The lowest BCUT2D eigenvalue weighted by Gasteiger charge is -2.32. The summed E-state index contributed by atoms with van der Waals surface area (Å²) in [5.74, 6) is 2.41. The second kappa shape index (κ2) is 3.95. The average molecular weight is 265 g/mol. The normalized spacial score (nSPS) is 19.1. The quantitative estimate of drug-likeness (QED) is 0.581. The third-order valence-corrected chi connectivity index (χ3v) is 6.10. The number of hydrogen-bond acceptors (Lipinski definition) is 1. The Kier molecular flexibility index (Phi) is 2.34. The van der Waals surface area contributed by atoms with Crippen LogP contribution in [-0.2, 0) is 6.16 Å². The highest BCUT2D eigenvalue weighted by Gasteiger charge is 2.33. The van der Waals surface area contributed by atoms with Crippen molar-refractivity contribution in [2.75, 3.05) is 4.67 Å². The van der Waals surface area contributed by atoms with E-state index in [0.717, 1.165) is 0 Å². The van der Waals surface area contributed by atoms with E-state index < -0.39 is 0 Å². The minimum absolute atomic E-state index is 0.213. The van der Waals surface area contributed by atoms with Gasteiger partial charge in [0.1, 0.15) is 0 Å². The van der Waals surface area contributed by atoms with Crippen LogP contribution >= 0.6 is 8.07 Å². The highest BCUT2D eigenvalue weighted by atomic mass is 31.1. The van der Waals surface area contributed by atoms with Gasteiger partial charge in [0.2, 0.25) is 0 Å². The lowest BCUT2D eigenvalue weighted by molar-refractivity contribution is 1.30. The van der Waals surface area contributed by atoms with Gasteiger partial charge in [-0.25, -0.2) is 0 Å². The highest BCUT2D eigenvalue weighted by molar-refractivity contribution is 7.63. The van der Waals surface area contributed by atoms with Crippen LogP contribution in [0.25, 0.3) is 6.08 Å². The summed E-state index contributed by atoms with van der Waals surface area (Å²) in [6, 6.07) is 13.3. The maximum atomic E-state index is 2.60. The molecule has 0 N–H and O–H groups in total. The van der Waals surface area contributed by atoms with E-state index >= 15 is 0 Å². The van der Waals surface area contributed by atoms with Crippen LogP contribution in [0.1, 0.15) is 22.3 Å². The smallest absolute Gasteiger partial charge is 0.0552 e. The number of aryl methyl sites for hydroxylation is 2. The molecule has 2 aliphatic rings. The molecule has 2 heteroatoms. The molecule has 0 saturated carbocycles. The molecule has 19 heavy (non-hydrogen) atoms. The molecule has 1 atom stereocenters. The van der Waals surface area contributed by atoms with Crippen molar-refractivity contribution in [1.29, 1.82) is 0 Å². The summed E-state index contributed by atoms with van der Waals surface area (Å²) in [7, 11) is -0.213. The zero-order valence-corrected chi connectivity index (χ0v) is 12.1. The molecule has 2 aromatic rings. The van der Waals surface area contributed by atoms with E-state index in [4.69, 9.17) is 0 Å². The van der Waals surface area contributed by atoms with Crippen molar-refractivity contribution in [3.63, 3.8) is 0 Å². The lowest BCUT2D eigenvalue weighted by Crippen LogP contribution is -2.11. The Morgan fingerprint density at radius 3 is 2.53 bits per heavy atom. The van der Waals surface area contributed by atoms with E-state index in [9.17, 15) is 0 Å². The van der Waals surface area contributed by atoms with E-state index in [1.54, 1.807) is 0 Å². The average Bonchev–Trinajstić information content (AvgIpc) is 2.78. The molecule has 0 spiro atoms. The Bertz CT molecular complexity index is 702. The van der Waals surface area contributed by atoms with Gasteiger partial charge in [0.25, 0.3) is 0 Å². The Morgan fingerprint density at radius 1 is 0.947 bits per heavy atom. The predicted molar refractivity (Wildman–Crippen MR) is 84.2 cm³/mol. The molecular weight excluding hydrogens is 249 g/mol. The number of nitrogens with zero attached hydrogens (tertiary/aromatic N) is 1. The summed E-state index contributed by atoms with van der Waals surface area (Å²) in [5.41, 5.74) is 8.51. The molecule has 2 aromatic carbocycles. The van der Waals surface area contributed by atoms with Gasteiger partial charge in [-0.2, -0.15) is 0 Å². The number of fused-ring (bicyclic) bond motifs is 5. The fourth-order valence-electron chi connectivity index (χ4n) is 3.16. The number of hydrogen-bond donors (Lipinski definition) is 0. The van der Waals surface area contributed by atoms with Gasteiger partial charge in [0, 0.05) is 14.2 Å². The monoisotopic (exact) mass is 265 g/mol. The third-order valence-electron chi connectivity index (χ3n) is 4.03. The van der Waals surface area contributed by atoms with Crippen molar-refractivity contribution in [3.05, 3.63) is 64.5 Å². The van der Waals surface area contributed by atoms with E-state index in [1.165, 1.54) is 39.8 Å². The van der Waals surface area contributed by atoms with Crippen LogP contribution < -0.4 is 4.67 Å². The molecule has 1 nitrogen and oxygen atoms in total. The van der Waals surface area contributed by atoms with Gasteiger partial charge in [-0.05, 0) is 41.9 Å². The second-order valence-corrected chi connectivity index (χ2v) is 7.21. The molecule has 1 unspecified atom stereocenters. The van der Waals surface area contributed by atoms with Crippen molar-refractivity contribution < 1.29 is 0 Å². The Labute approximate surface area is 115 Å². The van der Waals surface area contributed by atoms with Crippen LogP contribution in [0.5, 0.6) is 0 Å². The molecular formula is C17H16NP. The van der Waals surface area contributed by atoms with Crippen molar-refractivity contribution in [2.45, 2.75) is 20.0 Å². The maximum absolute atomic E-state index is 2.60. The van der Waals surface area contributed by atoms with Gasteiger partial charge in [0.15, 0.2) is 0 Å². The summed E-state index contributed by atoms with van der Waals surface area (Å²) in [6.45, 7) is 4.45. The van der Waals surface area contributed by atoms with Crippen LogP contribution in [0.15, 0.2) is 42.2 Å². The first-order valence-corrected chi connectivity index (χ1v) is 8.23. The summed E-state index contributed by atoms with van der Waals surface area (Å²) in [4.78, 5) is 0. The van der Waals surface area contributed by atoms with Crippen molar-refractivity contribution in [2.24, 2.45) is 0 Å². The van der Waals surface area contributed by atoms with Gasteiger partial charge in [0.05, 0.1) is 11.4 Å². The van der Waals surface area contributed by atoms with Gasteiger partial charge in [-0.3, -0.25) is 0 Å². The van der Waals surface area contributed by atoms with E-state index in [2.05, 4.69) is 66.8 Å². The fraction of sp³-hybridized carbons (Fsp3) is 0.176. The van der Waals surface area contributed by atoms with E-state index in [-0.39, 0.29) is 8.07 Å². The topological polar surface area (TPSA) is 3.24 Å². The highest BCUT2D eigenvalue weighted by Crippen LogP contribution is 2.63. The third kappa shape index (κ3) is 1.52. The van der Waals surface area contributed by atoms with Gasteiger partial charge in [-0.15, -0.1) is 0 Å². The molecule has 0 amide bonds.